The highest BCUT2D eigenvalue weighted by Gasteiger charge is 2.56. The molecule has 1 heterocycles. The predicted molar refractivity (Wildman–Crippen MR) is 151 cm³/mol. The fourth-order valence-electron chi connectivity index (χ4n) is 4.58. The summed E-state index contributed by atoms with van der Waals surface area (Å²) in [4.78, 5) is 28.2. The zero-order valence-corrected chi connectivity index (χ0v) is 23.9. The van der Waals surface area contributed by atoms with Crippen molar-refractivity contribution in [2.24, 2.45) is 5.92 Å². The van der Waals surface area contributed by atoms with Gasteiger partial charge >= 0.3 is 0 Å². The Balaban J connectivity index is 1.83. The normalized spacial score (nSPS) is 19.1. The molecule has 0 saturated carbocycles. The number of ketones is 1. The first-order valence-electron chi connectivity index (χ1n) is 13.0. The maximum Gasteiger partial charge on any atom is 0.223 e. The molecule has 0 aromatic heterocycles. The number of rotatable bonds is 14. The Morgan fingerprint density at radius 3 is 1.87 bits per heavy atom. The SMILES string of the molecule is CCN(CC)C(=O)CC(C(=O)/C=C/c1ccc(OC)c(OC)c1)C1OC1(C)/C=C/c1ccc(OC)c(OC)c1. The van der Waals surface area contributed by atoms with Crippen LogP contribution in [-0.2, 0) is 14.3 Å². The number of nitrogens with zero attached hydrogens (tertiary/aromatic N) is 1. The Labute approximate surface area is 231 Å². The summed E-state index contributed by atoms with van der Waals surface area (Å²) in [5.41, 5.74) is 0.995. The zero-order chi connectivity index (χ0) is 28.6. The van der Waals surface area contributed by atoms with Crippen molar-refractivity contribution in [3.05, 3.63) is 59.7 Å². The number of methoxy groups -OCH3 is 4. The van der Waals surface area contributed by atoms with E-state index in [2.05, 4.69) is 0 Å². The third-order valence-electron chi connectivity index (χ3n) is 6.99. The molecule has 0 bridgehead atoms. The van der Waals surface area contributed by atoms with E-state index in [9.17, 15) is 9.59 Å². The van der Waals surface area contributed by atoms with Crippen molar-refractivity contribution in [2.45, 2.75) is 38.9 Å². The summed E-state index contributed by atoms with van der Waals surface area (Å²) in [7, 11) is 6.31. The van der Waals surface area contributed by atoms with Gasteiger partial charge in [-0.3, -0.25) is 9.59 Å². The average molecular weight is 538 g/mol. The topological polar surface area (TPSA) is 86.8 Å². The second-order valence-electron chi connectivity index (χ2n) is 9.40. The third kappa shape index (κ3) is 7.20. The van der Waals surface area contributed by atoms with Gasteiger partial charge in [0.15, 0.2) is 28.8 Å². The molecular formula is C31H39NO7. The largest absolute Gasteiger partial charge is 0.493 e. The number of epoxide rings is 1. The van der Waals surface area contributed by atoms with Gasteiger partial charge in [0.2, 0.25) is 5.91 Å². The molecule has 8 nitrogen and oxygen atoms in total. The Hall–Kier alpha value is -3.78. The van der Waals surface area contributed by atoms with Crippen LogP contribution in [0.25, 0.3) is 12.2 Å². The van der Waals surface area contributed by atoms with Crippen molar-refractivity contribution in [1.82, 2.24) is 4.90 Å². The van der Waals surface area contributed by atoms with Crippen molar-refractivity contribution in [3.63, 3.8) is 0 Å². The van der Waals surface area contributed by atoms with Gasteiger partial charge in [0.1, 0.15) is 11.7 Å². The number of carbonyl (C=O) groups excluding carboxylic acids is 2. The summed E-state index contributed by atoms with van der Waals surface area (Å²) >= 11 is 0. The Morgan fingerprint density at radius 1 is 0.872 bits per heavy atom. The molecule has 1 saturated heterocycles. The fraction of sp³-hybridized carbons (Fsp3) is 0.419. The number of hydrogen-bond donors (Lipinski definition) is 0. The summed E-state index contributed by atoms with van der Waals surface area (Å²) in [6, 6.07) is 11.0. The maximum absolute atomic E-state index is 13.5. The number of amides is 1. The number of hydrogen-bond acceptors (Lipinski definition) is 7. The summed E-state index contributed by atoms with van der Waals surface area (Å²) < 4.78 is 27.4. The van der Waals surface area contributed by atoms with E-state index in [0.29, 0.717) is 36.1 Å². The van der Waals surface area contributed by atoms with Crippen molar-refractivity contribution in [3.8, 4) is 23.0 Å². The molecule has 8 heteroatoms. The predicted octanol–water partition coefficient (Wildman–Crippen LogP) is 5.05. The molecule has 2 aromatic carbocycles. The second-order valence-corrected chi connectivity index (χ2v) is 9.40. The van der Waals surface area contributed by atoms with E-state index in [1.165, 1.54) is 6.08 Å². The van der Waals surface area contributed by atoms with Crippen LogP contribution in [0.1, 0.15) is 38.3 Å². The molecule has 1 fully saturated rings. The van der Waals surface area contributed by atoms with Gasteiger partial charge < -0.3 is 28.6 Å². The van der Waals surface area contributed by atoms with Crippen LogP contribution in [-0.4, -0.2) is 69.8 Å². The van der Waals surface area contributed by atoms with Crippen LogP contribution in [0.15, 0.2) is 48.6 Å². The summed E-state index contributed by atoms with van der Waals surface area (Å²) in [5.74, 6) is 1.57. The van der Waals surface area contributed by atoms with E-state index >= 15 is 0 Å². The van der Waals surface area contributed by atoms with Crippen LogP contribution in [0.3, 0.4) is 0 Å². The number of ether oxygens (including phenoxy) is 5. The lowest BCUT2D eigenvalue weighted by Crippen LogP contribution is -2.35. The summed E-state index contributed by atoms with van der Waals surface area (Å²) in [6.07, 6.45) is 6.73. The standard InChI is InChI=1S/C31H39NO7/c1-8-32(9-2)29(34)20-23(24(33)13-10-21-11-14-25(35-4)27(18-21)37-6)30-31(3,39-30)17-16-22-12-15-26(36-5)28(19-22)38-7/h10-19,23,30H,8-9,20H2,1-7H3/b13-10+,17-16+. The van der Waals surface area contributed by atoms with Gasteiger partial charge in [-0.25, -0.2) is 0 Å². The first-order valence-corrected chi connectivity index (χ1v) is 13.0. The summed E-state index contributed by atoms with van der Waals surface area (Å²) in [5, 5.41) is 0. The minimum Gasteiger partial charge on any atom is -0.493 e. The highest BCUT2D eigenvalue weighted by molar-refractivity contribution is 5.98. The molecule has 2 aromatic rings. The second kappa shape index (κ2) is 13.3. The lowest BCUT2D eigenvalue weighted by atomic mass is 9.88. The van der Waals surface area contributed by atoms with Gasteiger partial charge in [0.05, 0.1) is 34.4 Å². The molecule has 1 aliphatic heterocycles. The fourth-order valence-corrected chi connectivity index (χ4v) is 4.58. The minimum absolute atomic E-state index is 0.0698. The summed E-state index contributed by atoms with van der Waals surface area (Å²) in [6.45, 7) is 6.95. The number of benzene rings is 2. The third-order valence-corrected chi connectivity index (χ3v) is 6.99. The lowest BCUT2D eigenvalue weighted by molar-refractivity contribution is -0.134. The first-order chi connectivity index (χ1) is 18.7. The average Bonchev–Trinajstić information content (AvgIpc) is 3.64. The van der Waals surface area contributed by atoms with Crippen LogP contribution in [0, 0.1) is 5.92 Å². The molecule has 0 spiro atoms. The Kier molecular flexibility index (Phi) is 10.2. The monoisotopic (exact) mass is 537 g/mol. The van der Waals surface area contributed by atoms with Gasteiger partial charge in [-0.1, -0.05) is 24.3 Å². The molecule has 3 rings (SSSR count). The van der Waals surface area contributed by atoms with Crippen LogP contribution in [0.5, 0.6) is 23.0 Å². The van der Waals surface area contributed by atoms with E-state index in [4.69, 9.17) is 23.7 Å². The van der Waals surface area contributed by atoms with Crippen LogP contribution in [0.2, 0.25) is 0 Å². The van der Waals surface area contributed by atoms with Gasteiger partial charge in [-0.05, 0) is 68.3 Å². The minimum atomic E-state index is -0.686. The van der Waals surface area contributed by atoms with E-state index in [0.717, 1.165) is 11.1 Å². The lowest BCUT2D eigenvalue weighted by Gasteiger charge is -2.21. The van der Waals surface area contributed by atoms with E-state index in [1.807, 2.05) is 57.2 Å². The number of carbonyl (C=O) groups is 2. The van der Waals surface area contributed by atoms with E-state index in [-0.39, 0.29) is 18.1 Å². The van der Waals surface area contributed by atoms with Gasteiger partial charge in [0.25, 0.3) is 0 Å². The molecule has 0 radical (unpaired) electrons. The molecule has 3 atom stereocenters. The van der Waals surface area contributed by atoms with Crippen molar-refractivity contribution in [1.29, 1.82) is 0 Å². The molecular weight excluding hydrogens is 498 g/mol. The highest BCUT2D eigenvalue weighted by atomic mass is 16.6. The molecule has 0 N–H and O–H groups in total. The molecule has 210 valence electrons. The zero-order valence-electron chi connectivity index (χ0n) is 23.9. The Bertz CT molecular complexity index is 1220. The smallest absolute Gasteiger partial charge is 0.223 e. The van der Waals surface area contributed by atoms with Crippen molar-refractivity contribution >= 4 is 23.8 Å². The number of allylic oxidation sites excluding steroid dienone is 1. The molecule has 0 aliphatic carbocycles. The van der Waals surface area contributed by atoms with Crippen LogP contribution >= 0.6 is 0 Å². The quantitative estimate of drug-likeness (QED) is 0.246. The van der Waals surface area contributed by atoms with Gasteiger partial charge in [-0.2, -0.15) is 0 Å². The maximum atomic E-state index is 13.5. The molecule has 3 unspecified atom stereocenters. The van der Waals surface area contributed by atoms with Crippen LogP contribution in [0.4, 0.5) is 0 Å². The van der Waals surface area contributed by atoms with E-state index < -0.39 is 17.6 Å². The van der Waals surface area contributed by atoms with Gasteiger partial charge in [-0.15, -0.1) is 0 Å². The Morgan fingerprint density at radius 2 is 1.38 bits per heavy atom. The molecule has 1 amide bonds. The molecule has 1 aliphatic rings. The first kappa shape index (κ1) is 29.8. The van der Waals surface area contributed by atoms with Crippen molar-refractivity contribution in [2.75, 3.05) is 41.5 Å². The molecule has 39 heavy (non-hydrogen) atoms. The van der Waals surface area contributed by atoms with Gasteiger partial charge in [0, 0.05) is 19.5 Å². The van der Waals surface area contributed by atoms with Crippen LogP contribution < -0.4 is 18.9 Å². The van der Waals surface area contributed by atoms with E-state index in [1.54, 1.807) is 51.5 Å². The highest BCUT2D eigenvalue weighted by Crippen LogP contribution is 2.45. The van der Waals surface area contributed by atoms with Crippen molar-refractivity contribution < 1.29 is 33.3 Å².